The number of carbonyl (C=O) groups is 1. The van der Waals surface area contributed by atoms with Crippen LogP contribution in [0.2, 0.25) is 10.0 Å². The SMILES string of the molecule is O=C(O)c1ccc(-n2nc(-c3cc(Cl)ccc3Cl)c3c2NCCCC3)cc1. The summed E-state index contributed by atoms with van der Waals surface area (Å²) in [6.07, 6.45) is 3.00. The van der Waals surface area contributed by atoms with Crippen molar-refractivity contribution in [2.45, 2.75) is 19.3 Å². The van der Waals surface area contributed by atoms with Crippen molar-refractivity contribution in [3.63, 3.8) is 0 Å². The van der Waals surface area contributed by atoms with Gasteiger partial charge in [0.05, 0.1) is 22.0 Å². The fraction of sp³-hybridized carbons (Fsp3) is 0.200. The van der Waals surface area contributed by atoms with Gasteiger partial charge in [-0.2, -0.15) is 5.10 Å². The molecule has 1 aromatic heterocycles. The predicted octanol–water partition coefficient (Wildman–Crippen LogP) is 5.29. The number of fused-ring (bicyclic) bond motifs is 1. The third kappa shape index (κ3) is 3.40. The molecule has 2 aromatic carbocycles. The lowest BCUT2D eigenvalue weighted by molar-refractivity contribution is 0.0697. The number of benzene rings is 2. The van der Waals surface area contributed by atoms with Gasteiger partial charge >= 0.3 is 5.97 Å². The van der Waals surface area contributed by atoms with Crippen LogP contribution in [0.4, 0.5) is 5.82 Å². The Labute approximate surface area is 166 Å². The normalized spacial score (nSPS) is 13.6. The van der Waals surface area contributed by atoms with Gasteiger partial charge in [-0.15, -0.1) is 0 Å². The zero-order valence-corrected chi connectivity index (χ0v) is 15.9. The van der Waals surface area contributed by atoms with Crippen LogP contribution in [0.1, 0.15) is 28.8 Å². The van der Waals surface area contributed by atoms with Gasteiger partial charge in [-0.25, -0.2) is 9.48 Å². The largest absolute Gasteiger partial charge is 0.478 e. The van der Waals surface area contributed by atoms with Gasteiger partial charge in [-0.05, 0) is 61.7 Å². The van der Waals surface area contributed by atoms with E-state index in [1.165, 1.54) is 0 Å². The first-order chi connectivity index (χ1) is 13.0. The summed E-state index contributed by atoms with van der Waals surface area (Å²) < 4.78 is 1.82. The Balaban J connectivity index is 1.89. The Morgan fingerprint density at radius 2 is 1.89 bits per heavy atom. The molecule has 0 fully saturated rings. The zero-order valence-electron chi connectivity index (χ0n) is 14.4. The van der Waals surface area contributed by atoms with E-state index in [1.54, 1.807) is 36.4 Å². The number of halogens is 2. The van der Waals surface area contributed by atoms with E-state index < -0.39 is 5.97 Å². The molecule has 0 unspecified atom stereocenters. The molecule has 1 aliphatic heterocycles. The molecule has 2 N–H and O–H groups in total. The van der Waals surface area contributed by atoms with Crippen LogP contribution in [-0.4, -0.2) is 27.4 Å². The smallest absolute Gasteiger partial charge is 0.335 e. The van der Waals surface area contributed by atoms with Crippen LogP contribution in [0.3, 0.4) is 0 Å². The lowest BCUT2D eigenvalue weighted by Crippen LogP contribution is -2.07. The molecule has 27 heavy (non-hydrogen) atoms. The number of hydrogen-bond donors (Lipinski definition) is 2. The van der Waals surface area contributed by atoms with Gasteiger partial charge < -0.3 is 10.4 Å². The third-order valence-corrected chi connectivity index (χ3v) is 5.24. The number of rotatable bonds is 3. The molecule has 5 nitrogen and oxygen atoms in total. The predicted molar refractivity (Wildman–Crippen MR) is 107 cm³/mol. The third-order valence-electron chi connectivity index (χ3n) is 4.67. The molecule has 3 aromatic rings. The molecular weight excluding hydrogens is 385 g/mol. The van der Waals surface area contributed by atoms with Gasteiger partial charge in [0, 0.05) is 22.7 Å². The lowest BCUT2D eigenvalue weighted by Gasteiger charge is -2.09. The zero-order chi connectivity index (χ0) is 19.0. The quantitative estimate of drug-likeness (QED) is 0.625. The highest BCUT2D eigenvalue weighted by atomic mass is 35.5. The maximum Gasteiger partial charge on any atom is 0.335 e. The maximum atomic E-state index is 11.1. The molecule has 4 rings (SSSR count). The fourth-order valence-electron chi connectivity index (χ4n) is 3.33. The molecule has 0 atom stereocenters. The molecule has 1 aliphatic rings. The van der Waals surface area contributed by atoms with E-state index in [9.17, 15) is 4.79 Å². The average Bonchev–Trinajstić information content (AvgIpc) is 2.85. The van der Waals surface area contributed by atoms with E-state index in [2.05, 4.69) is 5.32 Å². The van der Waals surface area contributed by atoms with Crippen molar-refractivity contribution in [3.05, 3.63) is 63.6 Å². The van der Waals surface area contributed by atoms with Crippen molar-refractivity contribution in [1.29, 1.82) is 0 Å². The first-order valence-corrected chi connectivity index (χ1v) is 9.45. The van der Waals surface area contributed by atoms with Crippen molar-refractivity contribution in [1.82, 2.24) is 9.78 Å². The summed E-state index contributed by atoms with van der Waals surface area (Å²) in [7, 11) is 0. The van der Waals surface area contributed by atoms with Gasteiger partial charge in [0.15, 0.2) is 0 Å². The molecular formula is C20H17Cl2N3O2. The number of aromatic carboxylic acids is 1. The van der Waals surface area contributed by atoms with Gasteiger partial charge in [0.1, 0.15) is 5.82 Å². The van der Waals surface area contributed by atoms with E-state index in [1.807, 2.05) is 10.7 Å². The van der Waals surface area contributed by atoms with Crippen LogP contribution in [0.5, 0.6) is 0 Å². The van der Waals surface area contributed by atoms with Crippen LogP contribution < -0.4 is 5.32 Å². The first-order valence-electron chi connectivity index (χ1n) is 8.69. The summed E-state index contributed by atoms with van der Waals surface area (Å²) in [6, 6.07) is 12.0. The molecule has 0 saturated heterocycles. The molecule has 0 saturated carbocycles. The Hall–Kier alpha value is -2.50. The van der Waals surface area contributed by atoms with Crippen LogP contribution in [0.25, 0.3) is 16.9 Å². The summed E-state index contributed by atoms with van der Waals surface area (Å²) in [5.74, 6) is -0.0352. The van der Waals surface area contributed by atoms with Gasteiger partial charge in [-0.3, -0.25) is 0 Å². The lowest BCUT2D eigenvalue weighted by atomic mass is 10.0. The van der Waals surface area contributed by atoms with E-state index in [0.717, 1.165) is 54.1 Å². The molecule has 0 radical (unpaired) electrons. The van der Waals surface area contributed by atoms with Crippen LogP contribution in [-0.2, 0) is 6.42 Å². The summed E-state index contributed by atoms with van der Waals surface area (Å²) >= 11 is 12.6. The molecule has 7 heteroatoms. The second-order valence-electron chi connectivity index (χ2n) is 6.45. The van der Waals surface area contributed by atoms with E-state index >= 15 is 0 Å². The molecule has 0 bridgehead atoms. The van der Waals surface area contributed by atoms with Crippen LogP contribution in [0, 0.1) is 0 Å². The number of hydrogen-bond acceptors (Lipinski definition) is 3. The number of nitrogens with one attached hydrogen (secondary N) is 1. The van der Waals surface area contributed by atoms with Crippen molar-refractivity contribution in [2.75, 3.05) is 11.9 Å². The van der Waals surface area contributed by atoms with Gasteiger partial charge in [0.25, 0.3) is 0 Å². The minimum atomic E-state index is -0.953. The molecule has 0 amide bonds. The van der Waals surface area contributed by atoms with Gasteiger partial charge in [0.2, 0.25) is 0 Å². The van der Waals surface area contributed by atoms with E-state index in [0.29, 0.717) is 10.0 Å². The Kier molecular flexibility index (Phi) is 4.81. The second-order valence-corrected chi connectivity index (χ2v) is 7.29. The summed E-state index contributed by atoms with van der Waals surface area (Å²) in [6.45, 7) is 0.856. The average molecular weight is 402 g/mol. The summed E-state index contributed by atoms with van der Waals surface area (Å²) in [5, 5.41) is 18.6. The number of carboxylic acids is 1. The number of aromatic nitrogens is 2. The van der Waals surface area contributed by atoms with Crippen LogP contribution >= 0.6 is 23.2 Å². The van der Waals surface area contributed by atoms with Crippen molar-refractivity contribution < 1.29 is 9.90 Å². The maximum absolute atomic E-state index is 11.1. The summed E-state index contributed by atoms with van der Waals surface area (Å²) in [4.78, 5) is 11.1. The van der Waals surface area contributed by atoms with E-state index in [-0.39, 0.29) is 5.56 Å². The number of nitrogens with zero attached hydrogens (tertiary/aromatic N) is 2. The van der Waals surface area contributed by atoms with Gasteiger partial charge in [-0.1, -0.05) is 23.2 Å². The number of carboxylic acid groups (broad SMARTS) is 1. The highest BCUT2D eigenvalue weighted by Crippen LogP contribution is 2.38. The Morgan fingerprint density at radius 3 is 2.63 bits per heavy atom. The Bertz CT molecular complexity index is 1010. The first kappa shape index (κ1) is 17.9. The molecule has 138 valence electrons. The highest BCUT2D eigenvalue weighted by molar-refractivity contribution is 6.35. The molecule has 2 heterocycles. The number of anilines is 1. The standard InChI is InChI=1S/C20H17Cl2N3O2/c21-13-6-9-17(22)16(11-13)18-15-3-1-2-10-23-19(15)25(24-18)14-7-4-12(5-8-14)20(26)27/h4-9,11,23H,1-3,10H2,(H,26,27). The van der Waals surface area contributed by atoms with Crippen molar-refractivity contribution in [3.8, 4) is 16.9 Å². The minimum absolute atomic E-state index is 0.239. The van der Waals surface area contributed by atoms with E-state index in [4.69, 9.17) is 33.4 Å². The topological polar surface area (TPSA) is 67.1 Å². The Morgan fingerprint density at radius 1 is 1.11 bits per heavy atom. The molecule has 0 aliphatic carbocycles. The monoisotopic (exact) mass is 401 g/mol. The highest BCUT2D eigenvalue weighted by Gasteiger charge is 2.23. The molecule has 0 spiro atoms. The van der Waals surface area contributed by atoms with Crippen molar-refractivity contribution >= 4 is 35.0 Å². The summed E-state index contributed by atoms with van der Waals surface area (Å²) in [5.41, 5.74) is 3.72. The van der Waals surface area contributed by atoms with Crippen LogP contribution in [0.15, 0.2) is 42.5 Å². The minimum Gasteiger partial charge on any atom is -0.478 e. The van der Waals surface area contributed by atoms with Crippen molar-refractivity contribution in [2.24, 2.45) is 0 Å². The fourth-order valence-corrected chi connectivity index (χ4v) is 3.71. The second kappa shape index (κ2) is 7.25.